The fourth-order valence-corrected chi connectivity index (χ4v) is 4.99. The van der Waals surface area contributed by atoms with Crippen molar-refractivity contribution in [2.75, 3.05) is 27.9 Å². The third kappa shape index (κ3) is 4.98. The molecule has 0 unspecified atom stereocenters. The highest BCUT2D eigenvalue weighted by atomic mass is 35.5. The Morgan fingerprint density at radius 3 is 2.34 bits per heavy atom. The molecule has 3 rings (SSSR count). The van der Waals surface area contributed by atoms with Crippen LogP contribution in [0.3, 0.4) is 0 Å². The number of nitrogens with zero attached hydrogens (tertiary/aromatic N) is 3. The molecule has 9 nitrogen and oxygen atoms in total. The Kier molecular flexibility index (Phi) is 7.60. The van der Waals surface area contributed by atoms with Gasteiger partial charge in [-0.1, -0.05) is 23.7 Å². The molecule has 0 aliphatic rings. The van der Waals surface area contributed by atoms with E-state index in [-0.39, 0.29) is 34.6 Å². The second kappa shape index (κ2) is 10.2. The van der Waals surface area contributed by atoms with Crippen molar-refractivity contribution in [3.05, 3.63) is 47.3 Å². The van der Waals surface area contributed by atoms with E-state index in [1.54, 1.807) is 31.4 Å². The topological polar surface area (TPSA) is 104 Å². The minimum absolute atomic E-state index is 0.0272. The molecule has 172 valence electrons. The maximum Gasteiger partial charge on any atom is 0.247 e. The average Bonchev–Trinajstić information content (AvgIpc) is 3.27. The first-order chi connectivity index (χ1) is 15.3. The molecule has 0 aliphatic heterocycles. The van der Waals surface area contributed by atoms with E-state index in [0.717, 1.165) is 0 Å². The number of rotatable bonds is 10. The van der Waals surface area contributed by atoms with E-state index in [1.165, 1.54) is 30.7 Å². The summed E-state index contributed by atoms with van der Waals surface area (Å²) in [6.45, 7) is 2.01. The van der Waals surface area contributed by atoms with Gasteiger partial charge in [0.1, 0.15) is 10.6 Å². The van der Waals surface area contributed by atoms with Gasteiger partial charge in [-0.25, -0.2) is 8.42 Å². The van der Waals surface area contributed by atoms with E-state index in [9.17, 15) is 8.42 Å². The normalized spacial score (nSPS) is 11.6. The molecule has 1 heterocycles. The lowest BCUT2D eigenvalue weighted by Gasteiger charge is -2.21. The summed E-state index contributed by atoms with van der Waals surface area (Å²) < 4.78 is 49.1. The third-order valence-corrected chi connectivity index (χ3v) is 6.74. The Bertz CT molecular complexity index is 1180. The number of halogens is 1. The van der Waals surface area contributed by atoms with Crippen molar-refractivity contribution >= 4 is 21.6 Å². The van der Waals surface area contributed by atoms with E-state index in [2.05, 4.69) is 10.1 Å². The largest absolute Gasteiger partial charge is 0.495 e. The van der Waals surface area contributed by atoms with E-state index in [4.69, 9.17) is 30.3 Å². The van der Waals surface area contributed by atoms with Gasteiger partial charge in [-0.2, -0.15) is 9.29 Å². The lowest BCUT2D eigenvalue weighted by Crippen LogP contribution is -2.31. The van der Waals surface area contributed by atoms with Crippen molar-refractivity contribution in [1.29, 1.82) is 0 Å². The molecule has 0 atom stereocenters. The van der Waals surface area contributed by atoms with Gasteiger partial charge in [-0.05, 0) is 42.8 Å². The summed E-state index contributed by atoms with van der Waals surface area (Å²) in [6.07, 6.45) is 0.582. The predicted octanol–water partition coefficient (Wildman–Crippen LogP) is 4.02. The van der Waals surface area contributed by atoms with E-state index in [0.29, 0.717) is 29.3 Å². The van der Waals surface area contributed by atoms with Crippen LogP contribution < -0.4 is 14.2 Å². The van der Waals surface area contributed by atoms with Gasteiger partial charge in [0, 0.05) is 17.1 Å². The number of benzene rings is 2. The van der Waals surface area contributed by atoms with Crippen LogP contribution in [0.15, 0.2) is 45.8 Å². The second-order valence-corrected chi connectivity index (χ2v) is 9.06. The van der Waals surface area contributed by atoms with Crippen LogP contribution in [0.5, 0.6) is 17.2 Å². The Hall–Kier alpha value is -2.82. The van der Waals surface area contributed by atoms with Crippen molar-refractivity contribution < 1.29 is 27.2 Å². The van der Waals surface area contributed by atoms with Crippen LogP contribution >= 0.6 is 11.6 Å². The molecule has 0 bridgehead atoms. The molecule has 3 aromatic rings. The highest BCUT2D eigenvalue weighted by molar-refractivity contribution is 7.89. The molecule has 0 saturated heterocycles. The number of hydrogen-bond donors (Lipinski definition) is 0. The van der Waals surface area contributed by atoms with Crippen molar-refractivity contribution in [3.8, 4) is 28.6 Å². The van der Waals surface area contributed by atoms with Gasteiger partial charge in [0.2, 0.25) is 21.7 Å². The maximum absolute atomic E-state index is 13.4. The van der Waals surface area contributed by atoms with Gasteiger partial charge in [0.05, 0.1) is 27.9 Å². The van der Waals surface area contributed by atoms with Crippen LogP contribution in [0.4, 0.5) is 0 Å². The zero-order valence-corrected chi connectivity index (χ0v) is 19.7. The minimum atomic E-state index is -3.94. The summed E-state index contributed by atoms with van der Waals surface area (Å²) >= 11 is 6.04. The van der Waals surface area contributed by atoms with Crippen LogP contribution in [0, 0.1) is 0 Å². The molecule has 0 radical (unpaired) electrons. The molecule has 0 spiro atoms. The van der Waals surface area contributed by atoms with Crippen LogP contribution in [0.1, 0.15) is 19.2 Å². The number of methoxy groups -OCH3 is 3. The molecule has 0 saturated carbocycles. The third-order valence-electron chi connectivity index (χ3n) is 4.64. The van der Waals surface area contributed by atoms with Gasteiger partial charge in [0.25, 0.3) is 0 Å². The molecule has 0 amide bonds. The molecule has 2 aromatic carbocycles. The molecule has 32 heavy (non-hydrogen) atoms. The van der Waals surface area contributed by atoms with Gasteiger partial charge in [-0.3, -0.25) is 0 Å². The second-order valence-electron chi connectivity index (χ2n) is 6.72. The summed E-state index contributed by atoms with van der Waals surface area (Å²) in [7, 11) is 0.532. The lowest BCUT2D eigenvalue weighted by atomic mass is 10.2. The fourth-order valence-electron chi connectivity index (χ4n) is 3.09. The molecule has 0 aliphatic carbocycles. The molecular formula is C21H24ClN3O6S. The van der Waals surface area contributed by atoms with Crippen LogP contribution in [0.25, 0.3) is 11.4 Å². The highest BCUT2D eigenvalue weighted by Crippen LogP contribution is 2.32. The minimum Gasteiger partial charge on any atom is -0.495 e. The molecule has 0 N–H and O–H groups in total. The smallest absolute Gasteiger partial charge is 0.247 e. The molecule has 1 aromatic heterocycles. The summed E-state index contributed by atoms with van der Waals surface area (Å²) in [5, 5.41) is 4.27. The Morgan fingerprint density at radius 2 is 1.69 bits per heavy atom. The zero-order valence-electron chi connectivity index (χ0n) is 18.2. The predicted molar refractivity (Wildman–Crippen MR) is 119 cm³/mol. The van der Waals surface area contributed by atoms with Crippen molar-refractivity contribution in [2.45, 2.75) is 24.8 Å². The number of sulfonamides is 1. The van der Waals surface area contributed by atoms with Gasteiger partial charge >= 0.3 is 0 Å². The monoisotopic (exact) mass is 481 g/mol. The Morgan fingerprint density at radius 1 is 1.00 bits per heavy atom. The van der Waals surface area contributed by atoms with Gasteiger partial charge < -0.3 is 18.7 Å². The van der Waals surface area contributed by atoms with Crippen molar-refractivity contribution in [1.82, 2.24) is 14.4 Å². The fraction of sp³-hybridized carbons (Fsp3) is 0.333. The number of aromatic nitrogens is 2. The number of ether oxygens (including phenoxy) is 3. The van der Waals surface area contributed by atoms with Crippen molar-refractivity contribution in [3.63, 3.8) is 0 Å². The molecule has 0 fully saturated rings. The van der Waals surface area contributed by atoms with E-state index < -0.39 is 10.0 Å². The Labute approximate surface area is 191 Å². The van der Waals surface area contributed by atoms with E-state index >= 15 is 0 Å². The standard InChI is InChI=1S/C21H24ClN3O6S/c1-5-10-25(32(26,27)19-12-15(22)7-9-17(19)29-3)13-20-23-21(24-31-20)14-6-8-16(28-2)18(11-14)30-4/h6-9,11-12H,5,10,13H2,1-4H3. The Balaban J connectivity index is 1.91. The molecular weight excluding hydrogens is 458 g/mol. The summed E-state index contributed by atoms with van der Waals surface area (Å²) in [6, 6.07) is 9.64. The maximum atomic E-state index is 13.4. The zero-order chi connectivity index (χ0) is 23.3. The van der Waals surface area contributed by atoms with Crippen LogP contribution in [0.2, 0.25) is 5.02 Å². The van der Waals surface area contributed by atoms with Crippen molar-refractivity contribution in [2.24, 2.45) is 0 Å². The first kappa shape index (κ1) is 23.8. The average molecular weight is 482 g/mol. The first-order valence-corrected chi connectivity index (χ1v) is 11.5. The first-order valence-electron chi connectivity index (χ1n) is 9.72. The summed E-state index contributed by atoms with van der Waals surface area (Å²) in [4.78, 5) is 4.34. The summed E-state index contributed by atoms with van der Waals surface area (Å²) in [5.41, 5.74) is 0.638. The summed E-state index contributed by atoms with van der Waals surface area (Å²) in [5.74, 6) is 1.73. The lowest BCUT2D eigenvalue weighted by molar-refractivity contribution is 0.314. The van der Waals surface area contributed by atoms with Crippen LogP contribution in [-0.2, 0) is 16.6 Å². The highest BCUT2D eigenvalue weighted by Gasteiger charge is 2.29. The SMILES string of the molecule is CCCN(Cc1nc(-c2ccc(OC)c(OC)c2)no1)S(=O)(=O)c1cc(Cl)ccc1OC. The molecule has 11 heteroatoms. The number of hydrogen-bond acceptors (Lipinski definition) is 8. The quantitative estimate of drug-likeness (QED) is 0.427. The van der Waals surface area contributed by atoms with E-state index in [1.807, 2.05) is 6.92 Å². The van der Waals surface area contributed by atoms with Gasteiger partial charge in [-0.15, -0.1) is 0 Å². The van der Waals surface area contributed by atoms with Gasteiger partial charge in [0.15, 0.2) is 11.5 Å². The van der Waals surface area contributed by atoms with Crippen LogP contribution in [-0.4, -0.2) is 50.7 Å².